The van der Waals surface area contributed by atoms with Gasteiger partial charge in [-0.2, -0.15) is 0 Å². The van der Waals surface area contributed by atoms with Gasteiger partial charge >= 0.3 is 0 Å². The molecular formula is C20H23FN4O2S. The van der Waals surface area contributed by atoms with Gasteiger partial charge in [0, 0.05) is 42.5 Å². The zero-order chi connectivity index (χ0) is 19.3. The van der Waals surface area contributed by atoms with Crippen molar-refractivity contribution in [3.05, 3.63) is 47.4 Å². The van der Waals surface area contributed by atoms with Crippen molar-refractivity contribution in [3.63, 3.8) is 0 Å². The second-order valence-corrected chi connectivity index (χ2v) is 7.68. The number of hydrogen-bond acceptors (Lipinski definition) is 5. The quantitative estimate of drug-likeness (QED) is 0.617. The smallest absolute Gasteiger partial charge is 0.225 e. The van der Waals surface area contributed by atoms with E-state index in [2.05, 4.69) is 15.2 Å². The molecule has 0 spiro atoms. The van der Waals surface area contributed by atoms with Crippen LogP contribution in [-0.2, 0) is 16.0 Å². The van der Waals surface area contributed by atoms with Crippen molar-refractivity contribution in [2.45, 2.75) is 12.8 Å². The van der Waals surface area contributed by atoms with Crippen LogP contribution in [0.3, 0.4) is 0 Å². The van der Waals surface area contributed by atoms with Gasteiger partial charge in [0.25, 0.3) is 0 Å². The molecule has 1 amide bonds. The molecule has 1 aliphatic rings. The third kappa shape index (κ3) is 4.57. The summed E-state index contributed by atoms with van der Waals surface area (Å²) in [4.78, 5) is 20.1. The number of nitrogens with one attached hydrogen (secondary N) is 1. The molecular weight excluding hydrogens is 379 g/mol. The molecule has 28 heavy (non-hydrogen) atoms. The molecule has 0 atom stereocenters. The van der Waals surface area contributed by atoms with E-state index in [1.54, 1.807) is 12.1 Å². The Balaban J connectivity index is 1.31. The Morgan fingerprint density at radius 3 is 2.82 bits per heavy atom. The molecule has 0 unspecified atom stereocenters. The van der Waals surface area contributed by atoms with Crippen LogP contribution in [0, 0.1) is 5.82 Å². The van der Waals surface area contributed by atoms with Crippen LogP contribution >= 0.6 is 11.3 Å². The fraction of sp³-hybridized carbons (Fsp3) is 0.400. The maximum atomic E-state index is 13.1. The lowest BCUT2D eigenvalue weighted by atomic mass is 10.2. The highest BCUT2D eigenvalue weighted by atomic mass is 32.1. The molecule has 0 bridgehead atoms. The second kappa shape index (κ2) is 8.81. The highest BCUT2D eigenvalue weighted by Crippen LogP contribution is 2.24. The fourth-order valence-electron chi connectivity index (χ4n) is 3.30. The monoisotopic (exact) mass is 402 g/mol. The van der Waals surface area contributed by atoms with E-state index in [0.717, 1.165) is 61.2 Å². The van der Waals surface area contributed by atoms with E-state index in [9.17, 15) is 9.18 Å². The molecule has 3 aromatic rings. The first-order valence-electron chi connectivity index (χ1n) is 9.47. The summed E-state index contributed by atoms with van der Waals surface area (Å²) in [5.41, 5.74) is 2.54. The second-order valence-electron chi connectivity index (χ2n) is 6.85. The van der Waals surface area contributed by atoms with Gasteiger partial charge in [0.05, 0.1) is 25.3 Å². The highest BCUT2D eigenvalue weighted by molar-refractivity contribution is 7.15. The first-order valence-corrected chi connectivity index (χ1v) is 10.4. The third-order valence-electron chi connectivity index (χ3n) is 4.84. The van der Waals surface area contributed by atoms with Crippen LogP contribution in [0.5, 0.6) is 0 Å². The fourth-order valence-corrected chi connectivity index (χ4v) is 4.17. The first kappa shape index (κ1) is 19.0. The number of ether oxygens (including phenoxy) is 1. The molecule has 1 N–H and O–H groups in total. The van der Waals surface area contributed by atoms with E-state index >= 15 is 0 Å². The topological polar surface area (TPSA) is 58.9 Å². The van der Waals surface area contributed by atoms with Crippen molar-refractivity contribution in [1.82, 2.24) is 19.6 Å². The Hall–Kier alpha value is -2.29. The van der Waals surface area contributed by atoms with E-state index in [-0.39, 0.29) is 11.7 Å². The van der Waals surface area contributed by atoms with Gasteiger partial charge in [0.1, 0.15) is 5.82 Å². The molecule has 1 aliphatic heterocycles. The number of thiazole rings is 1. The lowest BCUT2D eigenvalue weighted by Crippen LogP contribution is -2.38. The zero-order valence-electron chi connectivity index (χ0n) is 15.6. The minimum absolute atomic E-state index is 0.0127. The average molecular weight is 402 g/mol. The number of halogens is 1. The summed E-state index contributed by atoms with van der Waals surface area (Å²) in [5, 5.41) is 4.96. The van der Waals surface area contributed by atoms with Crippen LogP contribution in [0.2, 0.25) is 0 Å². The van der Waals surface area contributed by atoms with Gasteiger partial charge in [-0.05, 0) is 37.2 Å². The van der Waals surface area contributed by atoms with Crippen molar-refractivity contribution in [2.24, 2.45) is 0 Å². The van der Waals surface area contributed by atoms with E-state index in [1.807, 2.05) is 16.0 Å². The number of rotatable bonds is 7. The predicted molar refractivity (Wildman–Crippen MR) is 107 cm³/mol. The normalized spacial score (nSPS) is 15.2. The highest BCUT2D eigenvalue weighted by Gasteiger charge is 2.13. The number of carbonyl (C=O) groups is 1. The van der Waals surface area contributed by atoms with Crippen molar-refractivity contribution in [1.29, 1.82) is 0 Å². The number of aromatic nitrogens is 2. The van der Waals surface area contributed by atoms with Crippen LogP contribution in [0.1, 0.15) is 12.1 Å². The molecule has 1 fully saturated rings. The molecule has 2 aromatic heterocycles. The Kier molecular flexibility index (Phi) is 5.99. The molecule has 4 rings (SSSR count). The van der Waals surface area contributed by atoms with Crippen molar-refractivity contribution < 1.29 is 13.9 Å². The summed E-state index contributed by atoms with van der Waals surface area (Å²) in [6, 6.07) is 6.27. The summed E-state index contributed by atoms with van der Waals surface area (Å²) >= 11 is 1.50. The molecule has 148 valence electrons. The van der Waals surface area contributed by atoms with Crippen LogP contribution in [-0.4, -0.2) is 59.6 Å². The molecule has 0 saturated carbocycles. The van der Waals surface area contributed by atoms with Gasteiger partial charge in [0.2, 0.25) is 5.91 Å². The molecule has 6 nitrogen and oxygen atoms in total. The maximum absolute atomic E-state index is 13.1. The van der Waals surface area contributed by atoms with E-state index < -0.39 is 0 Å². The molecule has 1 saturated heterocycles. The SMILES string of the molecule is O=C(Cc1csc2nc(-c3ccc(F)cc3)cn12)NCCCN1CCOCC1. The van der Waals surface area contributed by atoms with Crippen LogP contribution in [0.15, 0.2) is 35.8 Å². The standard InChI is InChI=1S/C20H23FN4O2S/c21-16-4-2-15(3-5-16)18-13-25-17(14-28-20(25)23-18)12-19(26)22-6-1-7-24-8-10-27-11-9-24/h2-5,13-14H,1,6-12H2,(H,22,26). The van der Waals surface area contributed by atoms with E-state index in [4.69, 9.17) is 4.74 Å². The van der Waals surface area contributed by atoms with E-state index in [1.165, 1.54) is 23.5 Å². The van der Waals surface area contributed by atoms with Crippen LogP contribution in [0.25, 0.3) is 16.2 Å². The Morgan fingerprint density at radius 1 is 1.25 bits per heavy atom. The largest absolute Gasteiger partial charge is 0.379 e. The van der Waals surface area contributed by atoms with Gasteiger partial charge in [-0.3, -0.25) is 14.1 Å². The summed E-state index contributed by atoms with van der Waals surface area (Å²) in [7, 11) is 0. The Morgan fingerprint density at radius 2 is 2.04 bits per heavy atom. The number of amides is 1. The average Bonchev–Trinajstić information content (AvgIpc) is 3.29. The number of nitrogens with zero attached hydrogens (tertiary/aromatic N) is 3. The summed E-state index contributed by atoms with van der Waals surface area (Å²) in [6.07, 6.45) is 3.15. The maximum Gasteiger partial charge on any atom is 0.225 e. The number of imidazole rings is 1. The first-order chi connectivity index (χ1) is 13.7. The van der Waals surface area contributed by atoms with Gasteiger partial charge in [-0.25, -0.2) is 9.37 Å². The third-order valence-corrected chi connectivity index (χ3v) is 5.73. The Bertz CT molecular complexity index is 931. The van der Waals surface area contributed by atoms with Crippen molar-refractivity contribution in [2.75, 3.05) is 39.4 Å². The summed E-state index contributed by atoms with van der Waals surface area (Å²) in [5.74, 6) is -0.255. The van der Waals surface area contributed by atoms with Gasteiger partial charge in [0.15, 0.2) is 4.96 Å². The molecule has 8 heteroatoms. The molecule has 0 radical (unpaired) electrons. The predicted octanol–water partition coefficient (Wildman–Crippen LogP) is 2.58. The van der Waals surface area contributed by atoms with Crippen molar-refractivity contribution in [3.8, 4) is 11.3 Å². The number of benzene rings is 1. The molecule has 3 heterocycles. The molecule has 1 aromatic carbocycles. The summed E-state index contributed by atoms with van der Waals surface area (Å²) in [6.45, 7) is 5.19. The molecule has 0 aliphatic carbocycles. The lowest BCUT2D eigenvalue weighted by molar-refractivity contribution is -0.120. The van der Waals surface area contributed by atoms with Gasteiger partial charge in [-0.15, -0.1) is 11.3 Å². The Labute approximate surface area is 166 Å². The van der Waals surface area contributed by atoms with Crippen molar-refractivity contribution >= 4 is 22.2 Å². The number of hydrogen-bond donors (Lipinski definition) is 1. The van der Waals surface area contributed by atoms with Crippen LogP contribution < -0.4 is 5.32 Å². The number of morpholine rings is 1. The number of fused-ring (bicyclic) bond motifs is 1. The van der Waals surface area contributed by atoms with E-state index in [0.29, 0.717) is 13.0 Å². The summed E-state index contributed by atoms with van der Waals surface area (Å²) < 4.78 is 20.4. The van der Waals surface area contributed by atoms with Gasteiger partial charge < -0.3 is 10.1 Å². The van der Waals surface area contributed by atoms with Crippen LogP contribution in [0.4, 0.5) is 4.39 Å². The zero-order valence-corrected chi connectivity index (χ0v) is 16.4. The number of carbonyl (C=O) groups excluding carboxylic acids is 1. The minimum Gasteiger partial charge on any atom is -0.379 e. The lowest BCUT2D eigenvalue weighted by Gasteiger charge is -2.26. The minimum atomic E-state index is -0.268. The van der Waals surface area contributed by atoms with Gasteiger partial charge in [-0.1, -0.05) is 0 Å².